The van der Waals surface area contributed by atoms with Crippen molar-refractivity contribution >= 4 is 34.9 Å². The number of benzene rings is 1. The van der Waals surface area contributed by atoms with Crippen LogP contribution in [0.3, 0.4) is 0 Å². The van der Waals surface area contributed by atoms with Crippen molar-refractivity contribution in [2.24, 2.45) is 4.99 Å². The molecular weight excluding hydrogens is 368 g/mol. The molecule has 3 heterocycles. The molecule has 0 saturated heterocycles. The van der Waals surface area contributed by atoms with E-state index in [1.165, 1.54) is 0 Å². The Labute approximate surface area is 160 Å². The standard InChI is InChI=1S/C19H17ClN4OS/c1-12-22-23-18-16(4-2-3-10-25)21-17(13-5-7-14(20)8-6-13)15-9-11-26-19(15)24(12)18/h5-11,16H,2-4H2,1H3/t16-/m0/s1. The van der Waals surface area contributed by atoms with Gasteiger partial charge in [0.2, 0.25) is 0 Å². The van der Waals surface area contributed by atoms with Crippen LogP contribution in [-0.4, -0.2) is 26.8 Å². The van der Waals surface area contributed by atoms with Crippen LogP contribution in [0.25, 0.3) is 5.00 Å². The number of aromatic nitrogens is 3. The van der Waals surface area contributed by atoms with Crippen LogP contribution in [-0.2, 0) is 4.79 Å². The number of thiophene rings is 1. The fourth-order valence-corrected chi connectivity index (χ4v) is 4.29. The van der Waals surface area contributed by atoms with Gasteiger partial charge in [0.15, 0.2) is 5.82 Å². The summed E-state index contributed by atoms with van der Waals surface area (Å²) in [5.41, 5.74) is 3.02. The molecule has 3 aromatic rings. The number of halogens is 1. The van der Waals surface area contributed by atoms with Gasteiger partial charge in [0.1, 0.15) is 23.2 Å². The fraction of sp³-hybridized carbons (Fsp3) is 0.263. The van der Waals surface area contributed by atoms with Gasteiger partial charge in [-0.25, -0.2) is 0 Å². The maximum absolute atomic E-state index is 10.7. The molecule has 0 bridgehead atoms. The average Bonchev–Trinajstić information content (AvgIpc) is 3.23. The topological polar surface area (TPSA) is 60.1 Å². The summed E-state index contributed by atoms with van der Waals surface area (Å²) in [5, 5.41) is 12.5. The number of hydrogen-bond donors (Lipinski definition) is 0. The van der Waals surface area contributed by atoms with Gasteiger partial charge in [-0.1, -0.05) is 23.7 Å². The number of unbranched alkanes of at least 4 members (excludes halogenated alkanes) is 1. The largest absolute Gasteiger partial charge is 0.303 e. The summed E-state index contributed by atoms with van der Waals surface area (Å²) in [6, 6.07) is 9.69. The third-order valence-electron chi connectivity index (χ3n) is 4.45. The summed E-state index contributed by atoms with van der Waals surface area (Å²) in [6.45, 7) is 1.95. The van der Waals surface area contributed by atoms with Gasteiger partial charge in [0.05, 0.1) is 5.71 Å². The molecule has 1 aliphatic rings. The lowest BCUT2D eigenvalue weighted by Crippen LogP contribution is -2.06. The Bertz CT molecular complexity index is 974. The Hall–Kier alpha value is -2.31. The molecule has 26 heavy (non-hydrogen) atoms. The summed E-state index contributed by atoms with van der Waals surface area (Å²) in [6.07, 6.45) is 3.00. The van der Waals surface area contributed by atoms with Crippen molar-refractivity contribution < 1.29 is 4.79 Å². The summed E-state index contributed by atoms with van der Waals surface area (Å²) in [4.78, 5) is 15.8. The van der Waals surface area contributed by atoms with Gasteiger partial charge >= 0.3 is 0 Å². The Balaban J connectivity index is 1.87. The second-order valence-corrected chi connectivity index (χ2v) is 7.51. The summed E-state index contributed by atoms with van der Waals surface area (Å²) < 4.78 is 2.10. The zero-order valence-corrected chi connectivity index (χ0v) is 15.8. The molecule has 0 radical (unpaired) electrons. The summed E-state index contributed by atoms with van der Waals surface area (Å²) in [7, 11) is 0. The van der Waals surface area contributed by atoms with Crippen LogP contribution in [0.15, 0.2) is 40.7 Å². The van der Waals surface area contributed by atoms with Crippen molar-refractivity contribution in [1.29, 1.82) is 0 Å². The lowest BCUT2D eigenvalue weighted by Gasteiger charge is -2.11. The number of rotatable bonds is 5. The first-order chi connectivity index (χ1) is 12.7. The van der Waals surface area contributed by atoms with Crippen molar-refractivity contribution in [3.8, 4) is 5.00 Å². The van der Waals surface area contributed by atoms with E-state index in [1.807, 2.05) is 31.2 Å². The van der Waals surface area contributed by atoms with Gasteiger partial charge < -0.3 is 4.79 Å². The third kappa shape index (κ3) is 2.99. The number of hydrogen-bond acceptors (Lipinski definition) is 5. The predicted octanol–water partition coefficient (Wildman–Crippen LogP) is 4.55. The molecule has 2 aromatic heterocycles. The van der Waals surface area contributed by atoms with Crippen LogP contribution in [0, 0.1) is 6.92 Å². The predicted molar refractivity (Wildman–Crippen MR) is 104 cm³/mol. The van der Waals surface area contributed by atoms with Crippen LogP contribution in [0.1, 0.15) is 48.1 Å². The molecule has 0 aliphatic carbocycles. The second kappa shape index (κ2) is 7.13. The Morgan fingerprint density at radius 1 is 1.23 bits per heavy atom. The fourth-order valence-electron chi connectivity index (χ4n) is 3.21. The molecule has 0 saturated carbocycles. The van der Waals surface area contributed by atoms with Crippen LogP contribution in [0.4, 0.5) is 0 Å². The van der Waals surface area contributed by atoms with Crippen molar-refractivity contribution in [2.45, 2.75) is 32.2 Å². The number of carbonyl (C=O) groups is 1. The molecule has 0 unspecified atom stereocenters. The van der Waals surface area contributed by atoms with Crippen LogP contribution in [0.5, 0.6) is 0 Å². The lowest BCUT2D eigenvalue weighted by molar-refractivity contribution is -0.107. The Morgan fingerprint density at radius 2 is 2.04 bits per heavy atom. The van der Waals surface area contributed by atoms with E-state index in [0.717, 1.165) is 52.6 Å². The number of aldehydes is 1. The van der Waals surface area contributed by atoms with E-state index in [1.54, 1.807) is 11.3 Å². The van der Waals surface area contributed by atoms with E-state index in [9.17, 15) is 4.79 Å². The van der Waals surface area contributed by atoms with E-state index in [-0.39, 0.29) is 6.04 Å². The zero-order chi connectivity index (χ0) is 18.1. The molecule has 1 aliphatic heterocycles. The lowest BCUT2D eigenvalue weighted by atomic mass is 10.0. The SMILES string of the molecule is Cc1nnc2n1-c1sccc1C(c1ccc(Cl)cc1)=N[C@H]2CCCC=O. The van der Waals surface area contributed by atoms with E-state index < -0.39 is 0 Å². The minimum atomic E-state index is -0.138. The second-order valence-electron chi connectivity index (χ2n) is 6.18. The molecular formula is C19H17ClN4OS. The van der Waals surface area contributed by atoms with Crippen LogP contribution in [0.2, 0.25) is 5.02 Å². The highest BCUT2D eigenvalue weighted by Gasteiger charge is 2.28. The molecule has 0 amide bonds. The third-order valence-corrected chi connectivity index (χ3v) is 5.60. The van der Waals surface area contributed by atoms with E-state index >= 15 is 0 Å². The number of nitrogens with zero attached hydrogens (tertiary/aromatic N) is 4. The maximum atomic E-state index is 10.7. The minimum Gasteiger partial charge on any atom is -0.303 e. The van der Waals surface area contributed by atoms with Crippen LogP contribution < -0.4 is 0 Å². The molecule has 4 rings (SSSR count). The van der Waals surface area contributed by atoms with Crippen molar-refractivity contribution in [2.75, 3.05) is 0 Å². The molecule has 132 valence electrons. The smallest absolute Gasteiger partial charge is 0.163 e. The first-order valence-electron chi connectivity index (χ1n) is 8.46. The van der Waals surface area contributed by atoms with Gasteiger partial charge in [0, 0.05) is 22.6 Å². The Morgan fingerprint density at radius 3 is 2.81 bits per heavy atom. The van der Waals surface area contributed by atoms with Gasteiger partial charge in [-0.15, -0.1) is 21.5 Å². The first-order valence-corrected chi connectivity index (χ1v) is 9.72. The number of aryl methyl sites for hydroxylation is 1. The highest BCUT2D eigenvalue weighted by molar-refractivity contribution is 7.13. The van der Waals surface area contributed by atoms with Gasteiger partial charge in [0.25, 0.3) is 0 Å². The molecule has 0 fully saturated rings. The molecule has 1 aromatic carbocycles. The van der Waals surface area contributed by atoms with Gasteiger partial charge in [-0.2, -0.15) is 0 Å². The number of carbonyl (C=O) groups excluding carboxylic acids is 1. The van der Waals surface area contributed by atoms with Crippen molar-refractivity contribution in [3.63, 3.8) is 0 Å². The van der Waals surface area contributed by atoms with E-state index in [2.05, 4.69) is 26.2 Å². The van der Waals surface area contributed by atoms with Crippen LogP contribution >= 0.6 is 22.9 Å². The van der Waals surface area contributed by atoms with Crippen molar-refractivity contribution in [1.82, 2.24) is 14.8 Å². The highest BCUT2D eigenvalue weighted by atomic mass is 35.5. The molecule has 5 nitrogen and oxygen atoms in total. The van der Waals surface area contributed by atoms with Gasteiger partial charge in [-0.3, -0.25) is 9.56 Å². The molecule has 7 heteroatoms. The van der Waals surface area contributed by atoms with Crippen molar-refractivity contribution in [3.05, 3.63) is 63.5 Å². The maximum Gasteiger partial charge on any atom is 0.163 e. The molecule has 0 N–H and O–H groups in total. The molecule has 0 spiro atoms. The molecule has 1 atom stereocenters. The van der Waals surface area contributed by atoms with E-state index in [4.69, 9.17) is 16.6 Å². The normalized spacial score (nSPS) is 15.8. The zero-order valence-electron chi connectivity index (χ0n) is 14.2. The first kappa shape index (κ1) is 17.1. The number of fused-ring (bicyclic) bond motifs is 3. The average molecular weight is 385 g/mol. The highest BCUT2D eigenvalue weighted by Crippen LogP contribution is 2.35. The Kier molecular flexibility index (Phi) is 4.70. The monoisotopic (exact) mass is 384 g/mol. The van der Waals surface area contributed by atoms with Gasteiger partial charge in [-0.05, 0) is 43.3 Å². The summed E-state index contributed by atoms with van der Waals surface area (Å²) in [5.74, 6) is 1.68. The van der Waals surface area contributed by atoms with E-state index in [0.29, 0.717) is 11.4 Å². The quantitative estimate of drug-likeness (QED) is 0.478. The summed E-state index contributed by atoms with van der Waals surface area (Å²) >= 11 is 7.71. The minimum absolute atomic E-state index is 0.138. The number of aliphatic imine (C=N–C) groups is 1.